The summed E-state index contributed by atoms with van der Waals surface area (Å²) in [5.74, 6) is 4.12. The number of hydrogen-bond acceptors (Lipinski definition) is 19. The number of aryl methyl sites for hydroxylation is 6. The lowest BCUT2D eigenvalue weighted by atomic mass is 10.0. The van der Waals surface area contributed by atoms with E-state index in [4.69, 9.17) is 58.7 Å². The topological polar surface area (TPSA) is 242 Å². The second-order valence-corrected chi connectivity index (χ2v) is 25.2. The normalized spacial score (nSPS) is 15.4. The number of carbonyl (C=O) groups excluding carboxylic acids is 2. The molecule has 3 aliphatic rings. The number of piperidine rings is 1. The molecule has 0 aliphatic carbocycles. The molecule has 0 spiro atoms. The SMILES string of the molecule is COc1ccc(-c2c(C)nc3c(N4CCCC(NC(C)=O)C4)cc(C)nn23)cc1OC.COc1ccc(-c2c(C)nc3c(N4CCN(C(C)=O)CC4)cc(C)nn23)cc1OC.COc1ccc(-c2c(C)nc3c(N4CCN(S(C)(=O)=O)CC4)cc(C)nn23)cc1OC. The van der Waals surface area contributed by atoms with Crippen LogP contribution in [0.1, 0.15) is 60.9 Å². The Labute approximate surface area is 536 Å². The molecule has 2 amide bonds. The zero-order valence-corrected chi connectivity index (χ0v) is 56.1. The predicted molar refractivity (Wildman–Crippen MR) is 355 cm³/mol. The number of nitrogens with zero attached hydrogens (tertiary/aromatic N) is 14. The number of rotatable bonds is 14. The summed E-state index contributed by atoms with van der Waals surface area (Å²) >= 11 is 0. The summed E-state index contributed by atoms with van der Waals surface area (Å²) < 4.78 is 63.5. The van der Waals surface area contributed by atoms with Gasteiger partial charge in [0.15, 0.2) is 51.4 Å². The number of aromatic nitrogens is 9. The van der Waals surface area contributed by atoms with E-state index in [0.717, 1.165) is 141 Å². The molecule has 12 rings (SSSR count). The Morgan fingerprint density at radius 1 is 0.467 bits per heavy atom. The van der Waals surface area contributed by atoms with E-state index in [2.05, 4.69) is 32.1 Å². The number of imidazole rings is 3. The summed E-state index contributed by atoms with van der Waals surface area (Å²) in [5, 5.41) is 17.3. The minimum absolute atomic E-state index is 0.00954. The summed E-state index contributed by atoms with van der Waals surface area (Å²) in [5.41, 5.74) is 16.3. The van der Waals surface area contributed by atoms with Gasteiger partial charge in [0.05, 0.1) is 117 Å². The third-order valence-electron chi connectivity index (χ3n) is 16.8. The van der Waals surface area contributed by atoms with Crippen LogP contribution < -0.4 is 48.4 Å². The number of methoxy groups -OCH3 is 6. The van der Waals surface area contributed by atoms with Gasteiger partial charge in [-0.05, 0) is 127 Å². The first kappa shape index (κ1) is 65.5. The number of nitrogens with one attached hydrogen (secondary N) is 1. The van der Waals surface area contributed by atoms with E-state index in [-0.39, 0.29) is 17.9 Å². The molecule has 3 fully saturated rings. The highest BCUT2D eigenvalue weighted by atomic mass is 32.2. The monoisotopic (exact) mass is 1280 g/mol. The number of piperazine rings is 2. The van der Waals surface area contributed by atoms with Crippen molar-refractivity contribution in [3.63, 3.8) is 0 Å². The van der Waals surface area contributed by atoms with Crippen LogP contribution in [-0.2, 0) is 19.6 Å². The number of sulfonamides is 1. The van der Waals surface area contributed by atoms with Gasteiger partial charge < -0.3 is 53.3 Å². The molecule has 0 radical (unpaired) electrons. The maximum absolute atomic E-state index is 11.9. The van der Waals surface area contributed by atoms with E-state index in [0.29, 0.717) is 73.8 Å². The lowest BCUT2D eigenvalue weighted by Crippen LogP contribution is -2.48. The van der Waals surface area contributed by atoms with Gasteiger partial charge in [-0.25, -0.2) is 36.9 Å². The average molecular weight is 1280 g/mol. The molecular formula is C66H83N15O10S. The van der Waals surface area contributed by atoms with Crippen molar-refractivity contribution in [2.75, 3.05) is 129 Å². The number of ether oxygens (including phenoxy) is 6. The maximum atomic E-state index is 11.9. The summed E-state index contributed by atoms with van der Waals surface area (Å²) in [6, 6.07) is 23.7. The smallest absolute Gasteiger partial charge is 0.219 e. The van der Waals surface area contributed by atoms with E-state index in [1.54, 1.807) is 56.5 Å². The molecule has 3 saturated heterocycles. The fraction of sp³-hybridized carbons (Fsp3) is 0.424. The van der Waals surface area contributed by atoms with Gasteiger partial charge in [-0.3, -0.25) is 9.59 Å². The highest BCUT2D eigenvalue weighted by Crippen LogP contribution is 2.39. The van der Waals surface area contributed by atoms with Gasteiger partial charge in [0.1, 0.15) is 0 Å². The first-order valence-electron chi connectivity index (χ1n) is 30.6. The van der Waals surface area contributed by atoms with Gasteiger partial charge in [-0.1, -0.05) is 0 Å². The highest BCUT2D eigenvalue weighted by Gasteiger charge is 2.30. The molecule has 0 bridgehead atoms. The number of benzene rings is 3. The van der Waals surface area contributed by atoms with Crippen molar-refractivity contribution in [3.05, 3.63) is 107 Å². The number of fused-ring (bicyclic) bond motifs is 3. The summed E-state index contributed by atoms with van der Waals surface area (Å²) in [6.45, 7) is 21.8. The number of carbonyl (C=O) groups is 2. The van der Waals surface area contributed by atoms with E-state index in [1.165, 1.54) is 10.6 Å². The molecule has 26 heteroatoms. The molecule has 3 aliphatic heterocycles. The van der Waals surface area contributed by atoms with Gasteiger partial charge in [0, 0.05) is 102 Å². The summed E-state index contributed by atoms with van der Waals surface area (Å²) in [7, 11) is 6.55. The van der Waals surface area contributed by atoms with Crippen LogP contribution in [0.4, 0.5) is 17.1 Å². The van der Waals surface area contributed by atoms with Crippen molar-refractivity contribution in [1.29, 1.82) is 0 Å². The molecule has 1 N–H and O–H groups in total. The van der Waals surface area contributed by atoms with Gasteiger partial charge in [-0.15, -0.1) is 0 Å². The lowest BCUT2D eigenvalue weighted by Gasteiger charge is -2.35. The first-order chi connectivity index (χ1) is 44.1. The van der Waals surface area contributed by atoms with Crippen molar-refractivity contribution in [3.8, 4) is 68.3 Å². The summed E-state index contributed by atoms with van der Waals surface area (Å²) in [4.78, 5) is 46.5. The second kappa shape index (κ2) is 27.6. The van der Waals surface area contributed by atoms with Crippen LogP contribution in [0.2, 0.25) is 0 Å². The van der Waals surface area contributed by atoms with Crippen molar-refractivity contribution in [1.82, 2.24) is 58.3 Å². The molecule has 3 aromatic carbocycles. The molecule has 92 heavy (non-hydrogen) atoms. The third kappa shape index (κ3) is 13.6. The van der Waals surface area contributed by atoms with Crippen molar-refractivity contribution < 1.29 is 46.4 Å². The van der Waals surface area contributed by atoms with Crippen LogP contribution >= 0.6 is 0 Å². The largest absolute Gasteiger partial charge is 0.493 e. The Morgan fingerprint density at radius 2 is 0.815 bits per heavy atom. The molecule has 1 unspecified atom stereocenters. The molecule has 6 aromatic heterocycles. The molecule has 0 saturated carbocycles. The van der Waals surface area contributed by atoms with Crippen LogP contribution in [0.15, 0.2) is 72.8 Å². The van der Waals surface area contributed by atoms with E-state index in [1.807, 2.05) is 121 Å². The molecule has 9 heterocycles. The van der Waals surface area contributed by atoms with E-state index >= 15 is 0 Å². The average Bonchev–Trinajstić information content (AvgIpc) is 1.61. The standard InChI is InChI=1S/C23H29N5O3.C22H27N5O3.C21H27N5O4S/c1-14-11-19(27-10-6-7-18(13-27)25-16(3)29)23-24-15(2)22(28(23)26-14)17-8-9-20(30-4)21(12-17)31-5;1-14-12-18(26-10-8-25(9-11-26)16(3)28)22-23-15(2)21(27(22)24-14)17-6-7-19(29-4)20(13-17)30-5;1-14-12-17(24-8-10-25(11-9-24)31(5,27)28)21-22-15(2)20(26(21)23-14)16-6-7-18(29-3)19(13-16)30-4/h8-9,11-12,18H,6-7,10,13H2,1-5H3,(H,25,29);6-7,12-13H,8-11H2,1-5H3;6-7,12-13H,8-11H2,1-5H3. The Bertz CT molecular complexity index is 4320. The van der Waals surface area contributed by atoms with Crippen molar-refractivity contribution >= 4 is 55.8 Å². The quantitative estimate of drug-likeness (QED) is 0.109. The van der Waals surface area contributed by atoms with E-state index in [9.17, 15) is 18.0 Å². The fourth-order valence-corrected chi connectivity index (χ4v) is 13.3. The molecular weight excluding hydrogens is 1190 g/mol. The zero-order chi connectivity index (χ0) is 65.9. The van der Waals surface area contributed by atoms with Gasteiger partial charge in [0.25, 0.3) is 0 Å². The summed E-state index contributed by atoms with van der Waals surface area (Å²) in [6.07, 6.45) is 3.26. The van der Waals surface area contributed by atoms with Gasteiger partial charge in [-0.2, -0.15) is 19.6 Å². The van der Waals surface area contributed by atoms with Gasteiger partial charge in [0.2, 0.25) is 21.8 Å². The van der Waals surface area contributed by atoms with Crippen LogP contribution in [-0.4, -0.2) is 194 Å². The van der Waals surface area contributed by atoms with Crippen LogP contribution in [0.25, 0.3) is 50.7 Å². The Morgan fingerprint density at radius 3 is 1.14 bits per heavy atom. The maximum Gasteiger partial charge on any atom is 0.219 e. The number of amides is 2. The zero-order valence-electron chi connectivity index (χ0n) is 55.2. The Hall–Kier alpha value is -9.43. The Kier molecular flexibility index (Phi) is 19.6. The predicted octanol–water partition coefficient (Wildman–Crippen LogP) is 7.95. The van der Waals surface area contributed by atoms with Gasteiger partial charge >= 0.3 is 0 Å². The molecule has 1 atom stereocenters. The molecule has 488 valence electrons. The highest BCUT2D eigenvalue weighted by molar-refractivity contribution is 7.88. The fourth-order valence-electron chi connectivity index (χ4n) is 12.5. The van der Waals surface area contributed by atoms with Crippen LogP contribution in [0.3, 0.4) is 0 Å². The minimum Gasteiger partial charge on any atom is -0.493 e. The second-order valence-electron chi connectivity index (χ2n) is 23.2. The minimum atomic E-state index is -3.18. The third-order valence-corrected chi connectivity index (χ3v) is 18.1. The first-order valence-corrected chi connectivity index (χ1v) is 32.4. The molecule has 9 aromatic rings. The van der Waals surface area contributed by atoms with Crippen LogP contribution in [0.5, 0.6) is 34.5 Å². The molecule has 25 nitrogen and oxygen atoms in total. The number of hydrogen-bond donors (Lipinski definition) is 1. The lowest BCUT2D eigenvalue weighted by molar-refractivity contribution is -0.129. The Balaban J connectivity index is 0.000000151. The van der Waals surface area contributed by atoms with Crippen LogP contribution in [0, 0.1) is 41.5 Å². The van der Waals surface area contributed by atoms with Crippen molar-refractivity contribution in [2.24, 2.45) is 0 Å². The van der Waals surface area contributed by atoms with E-state index < -0.39 is 10.0 Å². The van der Waals surface area contributed by atoms with Crippen molar-refractivity contribution in [2.45, 2.75) is 74.3 Å². The number of anilines is 3.